The second-order valence-electron chi connectivity index (χ2n) is 16.2. The van der Waals surface area contributed by atoms with E-state index in [0.29, 0.717) is 11.8 Å². The van der Waals surface area contributed by atoms with Crippen LogP contribution in [0.2, 0.25) is 0 Å². The minimum absolute atomic E-state index is 0. The van der Waals surface area contributed by atoms with Crippen molar-refractivity contribution in [1.29, 1.82) is 0 Å². The van der Waals surface area contributed by atoms with E-state index in [1.54, 1.807) is 27.4 Å². The quantitative estimate of drug-likeness (QED) is 0.104. The van der Waals surface area contributed by atoms with Crippen molar-refractivity contribution in [3.05, 3.63) is 160 Å². The Balaban J connectivity index is 0.000000498. The fourth-order valence-electron chi connectivity index (χ4n) is 7.73. The first kappa shape index (κ1) is 47.7. The molecule has 0 saturated carbocycles. The molecule has 0 heterocycles. The van der Waals surface area contributed by atoms with Gasteiger partial charge in [-0.2, -0.15) is 42.0 Å². The molecule has 0 bridgehead atoms. The average Bonchev–Trinajstić information content (AvgIpc) is 3.85. The third-order valence-corrected chi connectivity index (χ3v) is 12.9. The number of benzene rings is 4. The zero-order valence-electron chi connectivity index (χ0n) is 34.5. The number of aryl methyl sites for hydroxylation is 1. The summed E-state index contributed by atoms with van der Waals surface area (Å²) in [5.41, 5.74) is 12.6. The van der Waals surface area contributed by atoms with E-state index in [9.17, 15) is 0 Å². The molecule has 1 aliphatic carbocycles. The zero-order valence-corrected chi connectivity index (χ0v) is 38.5. The maximum Gasteiger partial charge on any atom is 0.0149 e. The number of hydrogen-bond donors (Lipinski definition) is 0. The standard InChI is InChI=1S/C37H41.C9H18.C5H5.2ClH.Zr/c1-25(27(3)36(4,5)31-14-10-8-11-15-31)20-28-18-19-33-30(22-28)23-29-21-26(2)35(24-34(29)33)37(6,7)32-16-12-9-13-17-32;1-3-5-7-9-8-6-4-2;1-2-4-5-3-1;;;/h8-19,21,24-25,27H,20,23H2,1-7H3;3-8H2,1-2H3;1-5H;2*1H;/q-1;;-1;;;+2/p-2. The van der Waals surface area contributed by atoms with Crippen LogP contribution in [0.4, 0.5) is 0 Å². The molecule has 0 aliphatic heterocycles. The van der Waals surface area contributed by atoms with Crippen molar-refractivity contribution in [3.63, 3.8) is 0 Å². The first-order valence-corrected chi connectivity index (χ1v) is 21.1. The van der Waals surface area contributed by atoms with Gasteiger partial charge in [-0.05, 0) is 64.8 Å². The Bertz CT molecular complexity index is 1770. The maximum atomic E-state index is 3.86. The molecule has 1 aliphatic rings. The van der Waals surface area contributed by atoms with Crippen LogP contribution in [0, 0.1) is 24.8 Å². The predicted molar refractivity (Wildman–Crippen MR) is 224 cm³/mol. The van der Waals surface area contributed by atoms with Crippen molar-refractivity contribution in [2.24, 2.45) is 11.8 Å². The van der Waals surface area contributed by atoms with Gasteiger partial charge in [-0.1, -0.05) is 120 Å². The van der Waals surface area contributed by atoms with Crippen molar-refractivity contribution >= 4 is 3.21 Å². The summed E-state index contributed by atoms with van der Waals surface area (Å²) in [5.74, 6) is 1.12. The van der Waals surface area contributed by atoms with E-state index in [4.69, 9.17) is 0 Å². The van der Waals surface area contributed by atoms with Crippen LogP contribution < -0.4 is 24.8 Å². The van der Waals surface area contributed by atoms with Crippen LogP contribution >= 0.6 is 0 Å². The molecule has 0 radical (unpaired) electrons. The Morgan fingerprint density at radius 3 is 1.81 bits per heavy atom. The number of rotatable bonds is 13. The van der Waals surface area contributed by atoms with Gasteiger partial charge >= 0.3 is 79.8 Å². The SMILES string of the molecule is CCCC[C](=[Zr+2])CCCC.Cc1cc2c(cc1C(C)(C)c1ccccc1)-c1ccc(CC(C)C(C)C(C)(C)c3ccccc3)[c-]c1C2.[Cl-].[Cl-].c1cc[cH-]c1. The molecule has 0 aromatic heterocycles. The molecule has 0 spiro atoms. The van der Waals surface area contributed by atoms with Crippen molar-refractivity contribution < 1.29 is 49.0 Å². The van der Waals surface area contributed by atoms with Gasteiger partial charge < -0.3 is 24.8 Å². The van der Waals surface area contributed by atoms with Gasteiger partial charge in [0, 0.05) is 5.41 Å². The summed E-state index contributed by atoms with van der Waals surface area (Å²) in [4.78, 5) is 0. The van der Waals surface area contributed by atoms with Gasteiger partial charge in [0.1, 0.15) is 0 Å². The van der Waals surface area contributed by atoms with Gasteiger partial charge in [0.25, 0.3) is 0 Å². The van der Waals surface area contributed by atoms with Crippen LogP contribution in [-0.4, -0.2) is 3.21 Å². The average molecular weight is 839 g/mol. The molecule has 0 amide bonds. The Morgan fingerprint density at radius 2 is 1.30 bits per heavy atom. The van der Waals surface area contributed by atoms with E-state index in [0.717, 1.165) is 12.8 Å². The molecule has 2 atom stereocenters. The Hall–Kier alpha value is -2.44. The van der Waals surface area contributed by atoms with E-state index in [1.165, 1.54) is 88.6 Å². The fourth-order valence-corrected chi connectivity index (χ4v) is 8.60. The van der Waals surface area contributed by atoms with E-state index in [2.05, 4.69) is 153 Å². The Kier molecular flexibility index (Phi) is 20.3. The minimum atomic E-state index is -0.0378. The zero-order chi connectivity index (χ0) is 37.7. The number of unbranched alkanes of at least 4 members (excludes halogenated alkanes) is 2. The first-order chi connectivity index (χ1) is 24.9. The van der Waals surface area contributed by atoms with Crippen molar-refractivity contribution in [3.8, 4) is 11.1 Å². The third kappa shape index (κ3) is 12.8. The summed E-state index contributed by atoms with van der Waals surface area (Å²) in [6.45, 7) is 21.1. The van der Waals surface area contributed by atoms with Crippen LogP contribution in [0.15, 0.2) is 115 Å². The number of hydrogen-bond acceptors (Lipinski definition) is 0. The van der Waals surface area contributed by atoms with Crippen LogP contribution in [0.1, 0.15) is 133 Å². The second-order valence-corrected chi connectivity index (χ2v) is 17.9. The molecule has 3 heteroatoms. The molecule has 6 rings (SSSR count). The molecule has 5 aromatic carbocycles. The summed E-state index contributed by atoms with van der Waals surface area (Å²) in [5, 5.41) is 0. The van der Waals surface area contributed by atoms with Crippen LogP contribution in [0.3, 0.4) is 0 Å². The summed E-state index contributed by atoms with van der Waals surface area (Å²) in [6.07, 6.45) is 10.4. The van der Waals surface area contributed by atoms with Crippen molar-refractivity contribution in [1.82, 2.24) is 0 Å². The van der Waals surface area contributed by atoms with Gasteiger partial charge in [0.15, 0.2) is 0 Å². The Labute approximate surface area is 357 Å². The largest absolute Gasteiger partial charge is 1.00 e. The fraction of sp³-hybridized carbons (Fsp3) is 0.412. The summed E-state index contributed by atoms with van der Waals surface area (Å²) >= 11 is 1.67. The van der Waals surface area contributed by atoms with Gasteiger partial charge in [-0.15, -0.1) is 11.1 Å². The van der Waals surface area contributed by atoms with E-state index >= 15 is 0 Å². The molecule has 288 valence electrons. The first-order valence-electron chi connectivity index (χ1n) is 19.9. The third-order valence-electron chi connectivity index (χ3n) is 11.6. The monoisotopic (exact) mass is 836 g/mol. The number of fused-ring (bicyclic) bond motifs is 3. The molecule has 54 heavy (non-hydrogen) atoms. The molecule has 0 fully saturated rings. The summed E-state index contributed by atoms with van der Waals surface area (Å²) < 4.78 is 1.79. The number of halogens is 2. The van der Waals surface area contributed by atoms with E-state index < -0.39 is 0 Å². The van der Waals surface area contributed by atoms with E-state index in [-0.39, 0.29) is 35.6 Å². The van der Waals surface area contributed by atoms with E-state index in [1.807, 2.05) is 30.3 Å². The molecule has 5 aromatic rings. The molecule has 2 unspecified atom stereocenters. The van der Waals surface area contributed by atoms with Gasteiger partial charge in [0.05, 0.1) is 0 Å². The topological polar surface area (TPSA) is 0 Å². The maximum absolute atomic E-state index is 3.86. The van der Waals surface area contributed by atoms with Gasteiger partial charge in [0.2, 0.25) is 0 Å². The van der Waals surface area contributed by atoms with Crippen LogP contribution in [0.5, 0.6) is 0 Å². The molecular formula is C51H64Cl2Zr-2. The minimum Gasteiger partial charge on any atom is -1.00 e. The smallest absolute Gasteiger partial charge is 0.0149 e. The summed E-state index contributed by atoms with van der Waals surface area (Å²) in [6, 6.07) is 45.3. The van der Waals surface area contributed by atoms with Gasteiger partial charge in [-0.3, -0.25) is 0 Å². The molecule has 0 nitrogen and oxygen atoms in total. The van der Waals surface area contributed by atoms with Gasteiger partial charge in [-0.25, -0.2) is 12.1 Å². The normalized spacial score (nSPS) is 12.6. The molecule has 0 N–H and O–H groups in total. The molecular weight excluding hydrogens is 775 g/mol. The van der Waals surface area contributed by atoms with Crippen LogP contribution in [-0.2, 0) is 47.9 Å². The second kappa shape index (κ2) is 23.0. The van der Waals surface area contributed by atoms with Crippen molar-refractivity contribution in [2.45, 2.75) is 125 Å². The summed E-state index contributed by atoms with van der Waals surface area (Å²) in [7, 11) is 0. The molecule has 0 saturated heterocycles. The van der Waals surface area contributed by atoms with Crippen molar-refractivity contribution in [2.75, 3.05) is 0 Å². The van der Waals surface area contributed by atoms with Crippen LogP contribution in [0.25, 0.3) is 11.1 Å². The predicted octanol–water partition coefficient (Wildman–Crippen LogP) is 7.98. The Morgan fingerprint density at radius 1 is 0.741 bits per heavy atom.